The molecule has 1 heterocycles. The normalized spacial score (nSPS) is 19.7. The van der Waals surface area contributed by atoms with Gasteiger partial charge in [-0.05, 0) is 31.4 Å². The fourth-order valence-electron chi connectivity index (χ4n) is 3.14. The molecule has 9 heteroatoms. The lowest BCUT2D eigenvalue weighted by Gasteiger charge is -2.26. The lowest BCUT2D eigenvalue weighted by molar-refractivity contribution is -0.136. The zero-order chi connectivity index (χ0) is 21.6. The zero-order valence-electron chi connectivity index (χ0n) is 16.3. The topological polar surface area (TPSA) is 96.2 Å². The van der Waals surface area contributed by atoms with E-state index in [1.54, 1.807) is 13.0 Å². The fraction of sp³-hybridized carbons (Fsp3) is 0.500. The monoisotopic (exact) mass is 412 g/mol. The Bertz CT molecular complexity index is 736. The number of nitrogens with one attached hydrogen (secondary N) is 3. The predicted molar refractivity (Wildman–Crippen MR) is 104 cm³/mol. The van der Waals surface area contributed by atoms with Crippen LogP contribution in [-0.4, -0.2) is 36.6 Å². The summed E-state index contributed by atoms with van der Waals surface area (Å²) >= 11 is 0. The van der Waals surface area contributed by atoms with Gasteiger partial charge < -0.3 is 21.7 Å². The largest absolute Gasteiger partial charge is 0.390 e. The lowest BCUT2D eigenvalue weighted by atomic mass is 9.85. The number of nitrogens with two attached hydrogens (primary N) is 1. The molecule has 0 saturated heterocycles. The third kappa shape index (κ3) is 6.77. The van der Waals surface area contributed by atoms with Crippen molar-refractivity contribution in [3.63, 3.8) is 0 Å². The molecule has 1 fully saturated rings. The van der Waals surface area contributed by atoms with Crippen LogP contribution in [0.2, 0.25) is 0 Å². The van der Waals surface area contributed by atoms with Gasteiger partial charge in [0.1, 0.15) is 5.82 Å². The minimum Gasteiger partial charge on any atom is -0.368 e. The van der Waals surface area contributed by atoms with Crippen molar-refractivity contribution in [1.82, 2.24) is 16.0 Å². The van der Waals surface area contributed by atoms with E-state index in [4.69, 9.17) is 5.73 Å². The van der Waals surface area contributed by atoms with E-state index in [9.17, 15) is 22.8 Å². The van der Waals surface area contributed by atoms with E-state index < -0.39 is 30.6 Å². The SMILES string of the molecule is C=C/C=C(\C(N)CC(F)(F)F)C(C)NC(=O)C1=CCNC(NC(=O)C2CCC2)=C1. The van der Waals surface area contributed by atoms with Gasteiger partial charge in [0.25, 0.3) is 5.91 Å². The Morgan fingerprint density at radius 1 is 1.41 bits per heavy atom. The van der Waals surface area contributed by atoms with Gasteiger partial charge in [-0.15, -0.1) is 0 Å². The fourth-order valence-corrected chi connectivity index (χ4v) is 3.14. The molecule has 2 rings (SSSR count). The van der Waals surface area contributed by atoms with Crippen molar-refractivity contribution in [2.45, 2.75) is 50.9 Å². The minimum absolute atomic E-state index is 0.00243. The van der Waals surface area contributed by atoms with Gasteiger partial charge in [0.2, 0.25) is 5.91 Å². The number of allylic oxidation sites excluding steroid dienone is 2. The first-order valence-electron chi connectivity index (χ1n) is 9.53. The van der Waals surface area contributed by atoms with Gasteiger partial charge in [0.05, 0.1) is 6.42 Å². The number of amides is 2. The van der Waals surface area contributed by atoms with E-state index in [1.165, 1.54) is 18.2 Å². The average Bonchev–Trinajstić information content (AvgIpc) is 2.56. The molecule has 2 unspecified atom stereocenters. The van der Waals surface area contributed by atoms with Crippen LogP contribution < -0.4 is 21.7 Å². The second-order valence-electron chi connectivity index (χ2n) is 7.24. The minimum atomic E-state index is -4.42. The van der Waals surface area contributed by atoms with E-state index in [0.29, 0.717) is 17.9 Å². The van der Waals surface area contributed by atoms with E-state index in [1.807, 2.05) is 0 Å². The first-order chi connectivity index (χ1) is 13.6. The molecule has 0 radical (unpaired) electrons. The Labute approximate surface area is 168 Å². The maximum Gasteiger partial charge on any atom is 0.390 e. The second kappa shape index (κ2) is 9.78. The molecule has 0 spiro atoms. The smallest absolute Gasteiger partial charge is 0.368 e. The molecule has 0 aromatic rings. The van der Waals surface area contributed by atoms with E-state index in [0.717, 1.165) is 19.3 Å². The number of hydrogen-bond donors (Lipinski definition) is 4. The Kier molecular flexibility index (Phi) is 7.66. The number of alkyl halides is 3. The Hall–Kier alpha value is -2.55. The number of halogens is 3. The molecule has 5 N–H and O–H groups in total. The quantitative estimate of drug-likeness (QED) is 0.460. The van der Waals surface area contributed by atoms with Crippen molar-refractivity contribution in [2.75, 3.05) is 6.54 Å². The van der Waals surface area contributed by atoms with Crippen molar-refractivity contribution in [3.8, 4) is 0 Å². The zero-order valence-corrected chi connectivity index (χ0v) is 16.3. The van der Waals surface area contributed by atoms with Crippen LogP contribution in [0, 0.1) is 5.92 Å². The molecular formula is C20H27F3N4O2. The highest BCUT2D eigenvalue weighted by Gasteiger charge is 2.33. The second-order valence-corrected chi connectivity index (χ2v) is 7.24. The van der Waals surface area contributed by atoms with Crippen molar-refractivity contribution in [3.05, 3.63) is 47.9 Å². The van der Waals surface area contributed by atoms with Crippen LogP contribution in [0.1, 0.15) is 32.6 Å². The average molecular weight is 412 g/mol. The summed E-state index contributed by atoms with van der Waals surface area (Å²) in [6.07, 6.45) is 3.00. The standard InChI is InChI=1S/C20H27F3N4O2/c1-3-5-15(16(24)11-20(21,22)23)12(2)26-19(29)14-8-9-25-17(10-14)27-18(28)13-6-4-7-13/h3,5,8,10,12-13,16,25H,1,4,6-7,9,11,24H2,2H3,(H,26,29)(H,27,28)/b15-5-. The molecular weight excluding hydrogens is 385 g/mol. The van der Waals surface area contributed by atoms with E-state index in [2.05, 4.69) is 22.5 Å². The van der Waals surface area contributed by atoms with Crippen LogP contribution in [0.4, 0.5) is 13.2 Å². The predicted octanol–water partition coefficient (Wildman–Crippen LogP) is 2.17. The molecule has 0 aromatic heterocycles. The summed E-state index contributed by atoms with van der Waals surface area (Å²) in [5, 5.41) is 8.41. The van der Waals surface area contributed by atoms with Crippen molar-refractivity contribution < 1.29 is 22.8 Å². The molecule has 0 aromatic carbocycles. The molecule has 1 aliphatic carbocycles. The third-order valence-corrected chi connectivity index (χ3v) is 4.95. The van der Waals surface area contributed by atoms with Gasteiger partial charge in [-0.2, -0.15) is 13.2 Å². The number of dihydropyridines is 1. The number of rotatable bonds is 8. The van der Waals surface area contributed by atoms with Gasteiger partial charge >= 0.3 is 6.18 Å². The highest BCUT2D eigenvalue weighted by atomic mass is 19.4. The Morgan fingerprint density at radius 3 is 2.66 bits per heavy atom. The van der Waals surface area contributed by atoms with Gasteiger partial charge in [-0.3, -0.25) is 9.59 Å². The molecule has 2 atom stereocenters. The van der Waals surface area contributed by atoms with E-state index in [-0.39, 0.29) is 17.4 Å². The number of carbonyl (C=O) groups is 2. The van der Waals surface area contributed by atoms with Crippen LogP contribution in [0.15, 0.2) is 47.9 Å². The third-order valence-electron chi connectivity index (χ3n) is 4.95. The molecule has 2 aliphatic rings. The maximum atomic E-state index is 12.7. The molecule has 29 heavy (non-hydrogen) atoms. The molecule has 6 nitrogen and oxygen atoms in total. The summed E-state index contributed by atoms with van der Waals surface area (Å²) < 4.78 is 38.0. The number of carbonyl (C=O) groups excluding carboxylic acids is 2. The van der Waals surface area contributed by atoms with Gasteiger partial charge in [-0.25, -0.2) is 0 Å². The summed E-state index contributed by atoms with van der Waals surface area (Å²) in [5.74, 6) is -0.122. The van der Waals surface area contributed by atoms with Crippen molar-refractivity contribution in [1.29, 1.82) is 0 Å². The highest BCUT2D eigenvalue weighted by Crippen LogP contribution is 2.27. The summed E-state index contributed by atoms with van der Waals surface area (Å²) in [4.78, 5) is 24.6. The van der Waals surface area contributed by atoms with Crippen LogP contribution >= 0.6 is 0 Å². The summed E-state index contributed by atoms with van der Waals surface area (Å²) in [6, 6.07) is -2.02. The Balaban J connectivity index is 2.01. The maximum absolute atomic E-state index is 12.7. The van der Waals surface area contributed by atoms with Crippen molar-refractivity contribution >= 4 is 11.8 Å². The highest BCUT2D eigenvalue weighted by molar-refractivity contribution is 5.97. The summed E-state index contributed by atoms with van der Waals surface area (Å²) in [6.45, 7) is 5.41. The molecule has 2 amide bonds. The van der Waals surface area contributed by atoms with Crippen molar-refractivity contribution in [2.24, 2.45) is 11.7 Å². The van der Waals surface area contributed by atoms with E-state index >= 15 is 0 Å². The molecule has 1 aliphatic heterocycles. The molecule has 160 valence electrons. The first-order valence-corrected chi connectivity index (χ1v) is 9.53. The van der Waals surface area contributed by atoms with Gasteiger partial charge in [0.15, 0.2) is 0 Å². The van der Waals surface area contributed by atoms with Crippen LogP contribution in [0.3, 0.4) is 0 Å². The number of hydrogen-bond acceptors (Lipinski definition) is 4. The van der Waals surface area contributed by atoms with Gasteiger partial charge in [0, 0.05) is 30.1 Å². The molecule has 0 bridgehead atoms. The first kappa shape index (κ1) is 22.7. The Morgan fingerprint density at radius 2 is 2.10 bits per heavy atom. The lowest BCUT2D eigenvalue weighted by Crippen LogP contribution is -2.43. The van der Waals surface area contributed by atoms with Crippen LogP contribution in [0.25, 0.3) is 0 Å². The van der Waals surface area contributed by atoms with Gasteiger partial charge in [-0.1, -0.05) is 31.2 Å². The van der Waals surface area contributed by atoms with Crippen LogP contribution in [-0.2, 0) is 9.59 Å². The summed E-state index contributed by atoms with van der Waals surface area (Å²) in [7, 11) is 0. The molecule has 1 saturated carbocycles. The summed E-state index contributed by atoms with van der Waals surface area (Å²) in [5.41, 5.74) is 6.23. The van der Waals surface area contributed by atoms with Crippen LogP contribution in [0.5, 0.6) is 0 Å².